The first kappa shape index (κ1) is 13.9. The molecule has 7 heteroatoms. The Morgan fingerprint density at radius 3 is 2.81 bits per heavy atom. The minimum Gasteiger partial charge on any atom is -0.370 e. The van der Waals surface area contributed by atoms with Gasteiger partial charge in [-0.25, -0.2) is 4.98 Å². The number of hydrogen-bond acceptors (Lipinski definition) is 5. The molecular weight excluding hydrogens is 343 g/mol. The molecule has 136 valence electrons. The summed E-state index contributed by atoms with van der Waals surface area (Å²) >= 11 is 0. The molecule has 0 amide bonds. The van der Waals surface area contributed by atoms with Crippen molar-refractivity contribution < 1.29 is 8.50 Å². The number of anilines is 1. The van der Waals surface area contributed by atoms with Crippen LogP contribution in [0, 0.1) is 17.3 Å². The summed E-state index contributed by atoms with van der Waals surface area (Å²) in [5.41, 5.74) is 2.85. The van der Waals surface area contributed by atoms with Gasteiger partial charge in [-0.15, -0.1) is 10.2 Å². The van der Waals surface area contributed by atoms with Crippen LogP contribution in [0.15, 0.2) is 42.9 Å². The second kappa shape index (κ2) is 7.16. The number of nitrogens with zero attached hydrogens (tertiary/aromatic N) is 6. The van der Waals surface area contributed by atoms with Gasteiger partial charge < -0.3 is 9.47 Å². The number of aromatic nitrogens is 4. The van der Waals surface area contributed by atoms with Gasteiger partial charge in [0.1, 0.15) is 18.2 Å². The zero-order valence-corrected chi connectivity index (χ0v) is 14.5. The fourth-order valence-electron chi connectivity index (χ4n) is 3.63. The molecule has 0 radical (unpaired) electrons. The van der Waals surface area contributed by atoms with Gasteiger partial charge in [0.25, 0.3) is 0 Å². The van der Waals surface area contributed by atoms with Crippen molar-refractivity contribution in [1.82, 2.24) is 19.7 Å². The number of benzene rings is 1. The summed E-state index contributed by atoms with van der Waals surface area (Å²) in [6.45, 7) is -1.07. The van der Waals surface area contributed by atoms with Crippen LogP contribution < -0.4 is 4.90 Å². The fourth-order valence-corrected chi connectivity index (χ4v) is 3.63. The maximum Gasteiger partial charge on any atom is 0.212 e. The van der Waals surface area contributed by atoms with Crippen LogP contribution >= 0.6 is 0 Å². The molecule has 1 saturated heterocycles. The summed E-state index contributed by atoms with van der Waals surface area (Å²) in [7, 11) is 0. The van der Waals surface area contributed by atoms with Gasteiger partial charge in [-0.2, -0.15) is 9.65 Å². The van der Waals surface area contributed by atoms with Crippen LogP contribution in [0.4, 0.5) is 10.1 Å². The Balaban J connectivity index is 1.62. The molecule has 1 aliphatic heterocycles. The molecule has 6 nitrogen and oxygen atoms in total. The fraction of sp³-hybridized carbons (Fsp3) is 0.300. The summed E-state index contributed by atoms with van der Waals surface area (Å²) in [6.07, 6.45) is 4.06. The molecular formula is C20H19FN6. The van der Waals surface area contributed by atoms with Crippen LogP contribution in [0.5, 0.6) is 0 Å². The van der Waals surface area contributed by atoms with E-state index < -0.39 is 12.9 Å². The Bertz CT molecular complexity index is 1080. The van der Waals surface area contributed by atoms with Crippen LogP contribution in [-0.2, 0) is 6.98 Å². The van der Waals surface area contributed by atoms with E-state index >= 15 is 0 Å². The molecule has 4 rings (SSSR count). The maximum atomic E-state index is 13.3. The van der Waals surface area contributed by atoms with Crippen molar-refractivity contribution in [2.75, 3.05) is 18.0 Å². The van der Waals surface area contributed by atoms with Crippen LogP contribution in [0.2, 0.25) is 0 Å². The summed E-state index contributed by atoms with van der Waals surface area (Å²) in [5, 5.41) is 17.5. The Morgan fingerprint density at radius 2 is 2.11 bits per heavy atom. The van der Waals surface area contributed by atoms with Gasteiger partial charge in [0.2, 0.25) is 5.95 Å². The average Bonchev–Trinajstić information content (AvgIpc) is 3.24. The number of piperidine rings is 1. The van der Waals surface area contributed by atoms with Gasteiger partial charge in [0.05, 0.1) is 11.3 Å². The van der Waals surface area contributed by atoms with Crippen LogP contribution in [0.3, 0.4) is 0 Å². The highest BCUT2D eigenvalue weighted by molar-refractivity contribution is 5.82. The minimum absolute atomic E-state index is 0.0330. The first-order valence-electron chi connectivity index (χ1n) is 10.2. The number of hydrogen-bond donors (Lipinski definition) is 0. The molecule has 1 aromatic carbocycles. The van der Waals surface area contributed by atoms with E-state index in [2.05, 4.69) is 26.2 Å². The molecule has 0 aliphatic carbocycles. The number of pyridine rings is 1. The van der Waals surface area contributed by atoms with Gasteiger partial charge >= 0.3 is 0 Å². The lowest BCUT2D eigenvalue weighted by molar-refractivity contribution is 0.474. The summed E-state index contributed by atoms with van der Waals surface area (Å²) in [4.78, 5) is 5.85. The van der Waals surface area contributed by atoms with Crippen LogP contribution in [0.25, 0.3) is 11.1 Å². The SMILES string of the molecule is [2H]C([2H])([2H])n1cnnc1C1CCN(c2c(C#N)cccc2-c2ccc(F)nc2)CC1. The third-order valence-electron chi connectivity index (χ3n) is 4.95. The third-order valence-corrected chi connectivity index (χ3v) is 4.95. The number of para-hydroxylation sites is 1. The van der Waals surface area contributed by atoms with Gasteiger partial charge in [-0.05, 0) is 31.0 Å². The van der Waals surface area contributed by atoms with E-state index in [1.165, 1.54) is 18.6 Å². The highest BCUT2D eigenvalue weighted by Crippen LogP contribution is 2.37. The van der Waals surface area contributed by atoms with E-state index in [1.54, 1.807) is 18.2 Å². The van der Waals surface area contributed by atoms with E-state index in [0.29, 0.717) is 37.3 Å². The number of rotatable bonds is 3. The second-order valence-electron chi connectivity index (χ2n) is 6.50. The van der Waals surface area contributed by atoms with Gasteiger partial charge in [0, 0.05) is 47.4 Å². The van der Waals surface area contributed by atoms with Gasteiger partial charge in [-0.1, -0.05) is 12.1 Å². The Labute approximate surface area is 161 Å². The van der Waals surface area contributed by atoms with E-state index in [9.17, 15) is 9.65 Å². The first-order chi connectivity index (χ1) is 14.4. The van der Waals surface area contributed by atoms with Crippen LogP contribution in [-0.4, -0.2) is 32.8 Å². The second-order valence-corrected chi connectivity index (χ2v) is 6.50. The monoisotopic (exact) mass is 365 g/mol. The molecule has 0 spiro atoms. The number of halogens is 1. The van der Waals surface area contributed by atoms with Crippen LogP contribution in [0.1, 0.15) is 34.3 Å². The molecule has 1 aliphatic rings. The summed E-state index contributed by atoms with van der Waals surface area (Å²) in [5.74, 6) is -0.128. The first-order valence-corrected chi connectivity index (χ1v) is 8.69. The molecule has 0 bridgehead atoms. The van der Waals surface area contributed by atoms with Crippen molar-refractivity contribution in [2.24, 2.45) is 6.98 Å². The average molecular weight is 365 g/mol. The highest BCUT2D eigenvalue weighted by atomic mass is 19.1. The Kier molecular flexibility index (Phi) is 3.68. The minimum atomic E-state index is -2.31. The molecule has 3 aromatic rings. The zero-order chi connectivity index (χ0) is 21.3. The van der Waals surface area contributed by atoms with E-state index in [4.69, 9.17) is 4.11 Å². The van der Waals surface area contributed by atoms with Crippen molar-refractivity contribution >= 4 is 5.69 Å². The van der Waals surface area contributed by atoms with Crippen molar-refractivity contribution in [2.45, 2.75) is 18.8 Å². The normalized spacial score (nSPS) is 17.0. The van der Waals surface area contributed by atoms with Gasteiger partial charge in [-0.3, -0.25) is 0 Å². The molecule has 1 fully saturated rings. The predicted molar refractivity (Wildman–Crippen MR) is 99.5 cm³/mol. The van der Waals surface area contributed by atoms with Crippen molar-refractivity contribution in [3.8, 4) is 17.2 Å². The van der Waals surface area contributed by atoms with E-state index in [0.717, 1.165) is 21.4 Å². The number of aryl methyl sites for hydroxylation is 1. The third kappa shape index (κ3) is 3.26. The van der Waals surface area contributed by atoms with Gasteiger partial charge in [0.15, 0.2) is 0 Å². The molecule has 3 heterocycles. The summed E-state index contributed by atoms with van der Waals surface area (Å²) < 4.78 is 37.4. The summed E-state index contributed by atoms with van der Waals surface area (Å²) in [6, 6.07) is 10.6. The maximum absolute atomic E-state index is 13.3. The number of nitriles is 1. The quantitative estimate of drug-likeness (QED) is 0.666. The van der Waals surface area contributed by atoms with E-state index in [-0.39, 0.29) is 5.92 Å². The standard InChI is InChI=1S/C20H19FN6/c1-26-13-24-25-20(26)14-7-9-27(10-8-14)19-15(11-22)3-2-4-17(19)16-5-6-18(21)23-12-16/h2-6,12-14H,7-10H2,1H3/i1D3. The smallest absolute Gasteiger partial charge is 0.212 e. The topological polar surface area (TPSA) is 70.6 Å². The van der Waals surface area contributed by atoms with Crippen molar-refractivity contribution in [1.29, 1.82) is 5.26 Å². The predicted octanol–water partition coefficient (Wildman–Crippen LogP) is 3.27. The highest BCUT2D eigenvalue weighted by Gasteiger charge is 2.26. The lowest BCUT2D eigenvalue weighted by Crippen LogP contribution is -2.34. The van der Waals surface area contributed by atoms with Crippen molar-refractivity contribution in [3.63, 3.8) is 0 Å². The largest absolute Gasteiger partial charge is 0.370 e. The lowest BCUT2D eigenvalue weighted by atomic mass is 9.93. The molecule has 0 saturated carbocycles. The van der Waals surface area contributed by atoms with E-state index in [1.807, 2.05) is 6.07 Å². The molecule has 2 aromatic heterocycles. The zero-order valence-electron chi connectivity index (χ0n) is 17.5. The Hall–Kier alpha value is -3.27. The molecule has 0 atom stereocenters. The Morgan fingerprint density at radius 1 is 1.26 bits per heavy atom. The molecule has 27 heavy (non-hydrogen) atoms. The lowest BCUT2D eigenvalue weighted by Gasteiger charge is -2.35. The molecule has 0 N–H and O–H groups in total. The molecule has 0 unspecified atom stereocenters. The van der Waals surface area contributed by atoms with Crippen molar-refractivity contribution in [3.05, 3.63) is 60.2 Å².